The van der Waals surface area contributed by atoms with Crippen LogP contribution in [0.4, 0.5) is 5.69 Å². The lowest BCUT2D eigenvalue weighted by Crippen LogP contribution is -2.43. The third-order valence-electron chi connectivity index (χ3n) is 2.82. The Kier molecular flexibility index (Phi) is 4.64. The van der Waals surface area contributed by atoms with Crippen LogP contribution in [-0.4, -0.2) is 39.6 Å². The monoisotopic (exact) mass is 236 g/mol. The maximum Gasteiger partial charge on any atom is 0.189 e. The first-order chi connectivity index (χ1) is 8.42. The summed E-state index contributed by atoms with van der Waals surface area (Å²) in [7, 11) is 0. The molecule has 1 saturated heterocycles. The summed E-state index contributed by atoms with van der Waals surface area (Å²) >= 11 is 0. The van der Waals surface area contributed by atoms with Gasteiger partial charge in [0.2, 0.25) is 0 Å². The number of benzene rings is 1. The van der Waals surface area contributed by atoms with E-state index in [1.54, 1.807) is 0 Å². The Labute approximate surface area is 103 Å². The minimum Gasteiger partial charge on any atom is -0.465 e. The predicted molar refractivity (Wildman–Crippen MR) is 68.6 cm³/mol. The van der Waals surface area contributed by atoms with Gasteiger partial charge in [-0.15, -0.1) is 0 Å². The van der Waals surface area contributed by atoms with Gasteiger partial charge in [0.25, 0.3) is 0 Å². The predicted octanol–water partition coefficient (Wildman–Crippen LogP) is 1.47. The molecule has 0 spiro atoms. The molecule has 0 aliphatic carbocycles. The van der Waals surface area contributed by atoms with Gasteiger partial charge in [-0.2, -0.15) is 0 Å². The number of anilines is 1. The van der Waals surface area contributed by atoms with Crippen molar-refractivity contribution in [3.05, 3.63) is 24.3 Å². The topological polar surface area (TPSA) is 33.7 Å². The fourth-order valence-electron chi connectivity index (χ4n) is 1.93. The number of hydrogen-bond acceptors (Lipinski definition) is 4. The Morgan fingerprint density at radius 2 is 2.00 bits per heavy atom. The van der Waals surface area contributed by atoms with E-state index in [1.807, 2.05) is 25.1 Å². The van der Waals surface area contributed by atoms with E-state index in [0.29, 0.717) is 13.4 Å². The zero-order valence-electron chi connectivity index (χ0n) is 10.3. The van der Waals surface area contributed by atoms with Crippen molar-refractivity contribution in [2.45, 2.75) is 6.92 Å². The first kappa shape index (κ1) is 12.2. The normalized spacial score (nSPS) is 15.9. The zero-order valence-corrected chi connectivity index (χ0v) is 10.3. The summed E-state index contributed by atoms with van der Waals surface area (Å²) < 4.78 is 10.9. The van der Waals surface area contributed by atoms with Crippen LogP contribution in [0.1, 0.15) is 6.92 Å². The first-order valence-corrected chi connectivity index (χ1v) is 6.17. The van der Waals surface area contributed by atoms with Crippen molar-refractivity contribution in [2.24, 2.45) is 0 Å². The van der Waals surface area contributed by atoms with Crippen molar-refractivity contribution in [1.82, 2.24) is 5.32 Å². The van der Waals surface area contributed by atoms with Crippen molar-refractivity contribution in [1.29, 1.82) is 0 Å². The highest BCUT2D eigenvalue weighted by molar-refractivity contribution is 5.58. The molecule has 94 valence electrons. The van der Waals surface area contributed by atoms with Crippen LogP contribution in [0.3, 0.4) is 0 Å². The summed E-state index contributed by atoms with van der Waals surface area (Å²) in [6.45, 7) is 7.06. The van der Waals surface area contributed by atoms with Crippen molar-refractivity contribution < 1.29 is 9.47 Å². The number of nitrogens with one attached hydrogen (secondary N) is 1. The van der Waals surface area contributed by atoms with Gasteiger partial charge in [-0.1, -0.05) is 12.1 Å². The summed E-state index contributed by atoms with van der Waals surface area (Å²) in [5.74, 6) is 0.905. The molecule has 17 heavy (non-hydrogen) atoms. The largest absolute Gasteiger partial charge is 0.465 e. The lowest BCUT2D eigenvalue weighted by molar-refractivity contribution is 0.0226. The zero-order chi connectivity index (χ0) is 11.9. The fourth-order valence-corrected chi connectivity index (χ4v) is 1.93. The minimum absolute atomic E-state index is 0.319. The second-order valence-corrected chi connectivity index (χ2v) is 3.96. The highest BCUT2D eigenvalue weighted by atomic mass is 16.7. The summed E-state index contributed by atoms with van der Waals surface area (Å²) in [4.78, 5) is 2.35. The average molecular weight is 236 g/mol. The van der Waals surface area contributed by atoms with Gasteiger partial charge in [0.15, 0.2) is 6.79 Å². The quantitative estimate of drug-likeness (QED) is 0.620. The third kappa shape index (κ3) is 3.35. The van der Waals surface area contributed by atoms with E-state index in [0.717, 1.165) is 37.6 Å². The van der Waals surface area contributed by atoms with Gasteiger partial charge in [0, 0.05) is 32.8 Å². The van der Waals surface area contributed by atoms with Crippen molar-refractivity contribution >= 4 is 5.69 Å². The Hall–Kier alpha value is -1.26. The molecule has 0 amide bonds. The fraction of sp³-hybridized carbons (Fsp3) is 0.538. The van der Waals surface area contributed by atoms with Crippen molar-refractivity contribution in [3.63, 3.8) is 0 Å². The maximum atomic E-state index is 5.65. The number of piperazine rings is 1. The molecule has 1 aliphatic rings. The van der Waals surface area contributed by atoms with Gasteiger partial charge in [-0.05, 0) is 19.1 Å². The first-order valence-electron chi connectivity index (χ1n) is 6.17. The summed E-state index contributed by atoms with van der Waals surface area (Å²) in [6.07, 6.45) is 0. The van der Waals surface area contributed by atoms with Gasteiger partial charge in [0.1, 0.15) is 5.75 Å². The van der Waals surface area contributed by atoms with Gasteiger partial charge in [-0.25, -0.2) is 0 Å². The smallest absolute Gasteiger partial charge is 0.189 e. The van der Waals surface area contributed by atoms with Gasteiger partial charge in [-0.3, -0.25) is 0 Å². The van der Waals surface area contributed by atoms with Crippen LogP contribution in [0.5, 0.6) is 5.75 Å². The molecular formula is C13H20N2O2. The minimum atomic E-state index is 0.319. The second-order valence-electron chi connectivity index (χ2n) is 3.96. The molecule has 0 bridgehead atoms. The Morgan fingerprint density at radius 3 is 2.76 bits per heavy atom. The second kappa shape index (κ2) is 6.47. The van der Waals surface area contributed by atoms with Gasteiger partial charge < -0.3 is 19.7 Å². The van der Waals surface area contributed by atoms with E-state index >= 15 is 0 Å². The molecular weight excluding hydrogens is 216 g/mol. The number of para-hydroxylation sites is 2. The molecule has 0 saturated carbocycles. The van der Waals surface area contributed by atoms with Crippen LogP contribution >= 0.6 is 0 Å². The van der Waals surface area contributed by atoms with E-state index in [-0.39, 0.29) is 0 Å². The number of hydrogen-bond donors (Lipinski definition) is 1. The Bertz CT molecular complexity index is 338. The molecule has 1 aromatic carbocycles. The highest BCUT2D eigenvalue weighted by Gasteiger charge is 2.14. The number of rotatable bonds is 5. The standard InChI is InChI=1S/C13H20N2O2/c1-2-16-11-17-13-6-4-3-5-12(13)15-9-7-14-8-10-15/h3-6,14H,2,7-11H2,1H3. The molecule has 0 unspecified atom stereocenters. The maximum absolute atomic E-state index is 5.65. The molecule has 1 fully saturated rings. The van der Waals surface area contributed by atoms with E-state index in [4.69, 9.17) is 9.47 Å². The van der Waals surface area contributed by atoms with E-state index in [2.05, 4.69) is 16.3 Å². The van der Waals surface area contributed by atoms with Crippen molar-refractivity contribution in [2.75, 3.05) is 44.5 Å². The van der Waals surface area contributed by atoms with Crippen LogP contribution in [0.2, 0.25) is 0 Å². The average Bonchev–Trinajstić information content (AvgIpc) is 2.41. The van der Waals surface area contributed by atoms with Gasteiger partial charge >= 0.3 is 0 Å². The molecule has 0 atom stereocenters. The molecule has 0 radical (unpaired) electrons. The SMILES string of the molecule is CCOCOc1ccccc1N1CCNCC1. The van der Waals surface area contributed by atoms with Crippen LogP contribution in [0.25, 0.3) is 0 Å². The molecule has 4 heteroatoms. The molecule has 1 heterocycles. The van der Waals surface area contributed by atoms with Crippen LogP contribution < -0.4 is 15.0 Å². The summed E-state index contributed by atoms with van der Waals surface area (Å²) in [6, 6.07) is 8.14. The van der Waals surface area contributed by atoms with Gasteiger partial charge in [0.05, 0.1) is 5.69 Å². The number of nitrogens with zero attached hydrogens (tertiary/aromatic N) is 1. The molecule has 1 aliphatic heterocycles. The van der Waals surface area contributed by atoms with E-state index in [1.165, 1.54) is 0 Å². The van der Waals surface area contributed by atoms with Crippen LogP contribution in [-0.2, 0) is 4.74 Å². The van der Waals surface area contributed by atoms with Crippen molar-refractivity contribution in [3.8, 4) is 5.75 Å². The lowest BCUT2D eigenvalue weighted by Gasteiger charge is -2.30. The Morgan fingerprint density at radius 1 is 1.24 bits per heavy atom. The molecule has 2 rings (SSSR count). The van der Waals surface area contributed by atoms with Crippen LogP contribution in [0.15, 0.2) is 24.3 Å². The van der Waals surface area contributed by atoms with E-state index in [9.17, 15) is 0 Å². The van der Waals surface area contributed by atoms with Crippen LogP contribution in [0, 0.1) is 0 Å². The third-order valence-corrected chi connectivity index (χ3v) is 2.82. The Balaban J connectivity index is 2.03. The molecule has 1 aromatic rings. The van der Waals surface area contributed by atoms with E-state index < -0.39 is 0 Å². The molecule has 4 nitrogen and oxygen atoms in total. The highest BCUT2D eigenvalue weighted by Crippen LogP contribution is 2.28. The lowest BCUT2D eigenvalue weighted by atomic mass is 10.2. The molecule has 1 N–H and O–H groups in total. The summed E-state index contributed by atoms with van der Waals surface area (Å²) in [5.41, 5.74) is 1.16. The molecule has 0 aromatic heterocycles. The number of ether oxygens (including phenoxy) is 2. The summed E-state index contributed by atoms with van der Waals surface area (Å²) in [5, 5.41) is 3.35.